The van der Waals surface area contributed by atoms with Crippen LogP contribution in [0.5, 0.6) is 5.75 Å². The molecule has 0 bridgehead atoms. The van der Waals surface area contributed by atoms with Crippen LogP contribution in [0.2, 0.25) is 0 Å². The Balaban J connectivity index is 1.87. The Bertz CT molecular complexity index is 591. The van der Waals surface area contributed by atoms with Gasteiger partial charge in [0.25, 0.3) is 0 Å². The molecule has 1 aromatic heterocycles. The number of nitrogens with one attached hydrogen (secondary N) is 1. The predicted molar refractivity (Wildman–Crippen MR) is 71.9 cm³/mol. The zero-order valence-electron chi connectivity index (χ0n) is 10.7. The highest BCUT2D eigenvalue weighted by molar-refractivity contribution is 6.02. The Labute approximate surface area is 111 Å². The van der Waals surface area contributed by atoms with Gasteiger partial charge in [0, 0.05) is 5.56 Å². The third-order valence-electron chi connectivity index (χ3n) is 3.20. The highest BCUT2D eigenvalue weighted by Crippen LogP contribution is 2.25. The van der Waals surface area contributed by atoms with E-state index in [1.165, 1.54) is 11.1 Å². The molecule has 0 unspecified atom stereocenters. The number of fused-ring (bicyclic) bond motifs is 1. The first-order chi connectivity index (χ1) is 9.36. The van der Waals surface area contributed by atoms with Crippen molar-refractivity contribution in [1.29, 1.82) is 0 Å². The van der Waals surface area contributed by atoms with Crippen LogP contribution in [0.15, 0.2) is 36.0 Å². The van der Waals surface area contributed by atoms with Crippen LogP contribution in [0.25, 0.3) is 0 Å². The van der Waals surface area contributed by atoms with Crippen molar-refractivity contribution < 1.29 is 4.74 Å². The van der Waals surface area contributed by atoms with E-state index in [-0.39, 0.29) is 0 Å². The molecule has 98 valence electrons. The van der Waals surface area contributed by atoms with Crippen LogP contribution in [0.1, 0.15) is 24.0 Å². The van der Waals surface area contributed by atoms with Crippen molar-refractivity contribution in [3.05, 3.63) is 42.0 Å². The fraction of sp³-hybridized carbons (Fsp3) is 0.308. The van der Waals surface area contributed by atoms with Gasteiger partial charge in [0.2, 0.25) is 0 Å². The summed E-state index contributed by atoms with van der Waals surface area (Å²) in [5.41, 5.74) is 6.44. The van der Waals surface area contributed by atoms with Gasteiger partial charge in [-0.2, -0.15) is 5.10 Å². The molecule has 0 amide bonds. The lowest BCUT2D eigenvalue weighted by Crippen LogP contribution is -2.16. The average molecular weight is 257 g/mol. The number of hydrazone groups is 1. The van der Waals surface area contributed by atoms with E-state index in [2.05, 4.69) is 33.0 Å². The lowest BCUT2D eigenvalue weighted by molar-refractivity contribution is 0.414. The zero-order chi connectivity index (χ0) is 13.1. The van der Waals surface area contributed by atoms with E-state index >= 15 is 0 Å². The van der Waals surface area contributed by atoms with Gasteiger partial charge in [-0.05, 0) is 43.0 Å². The Morgan fingerprint density at radius 2 is 2.11 bits per heavy atom. The summed E-state index contributed by atoms with van der Waals surface area (Å²) < 4.78 is 6.87. The monoisotopic (exact) mass is 257 g/mol. The number of aryl methyl sites for hydroxylation is 1. The summed E-state index contributed by atoms with van der Waals surface area (Å²) in [4.78, 5) is 0. The summed E-state index contributed by atoms with van der Waals surface area (Å²) in [7, 11) is 1.69. The second kappa shape index (κ2) is 5.09. The molecule has 0 fully saturated rings. The molecule has 1 aromatic carbocycles. The van der Waals surface area contributed by atoms with Crippen molar-refractivity contribution in [2.45, 2.75) is 19.3 Å². The van der Waals surface area contributed by atoms with Gasteiger partial charge in [0.1, 0.15) is 18.4 Å². The van der Waals surface area contributed by atoms with Crippen molar-refractivity contribution in [3.63, 3.8) is 0 Å². The summed E-state index contributed by atoms with van der Waals surface area (Å²) in [6.45, 7) is 0. The highest BCUT2D eigenvalue weighted by Gasteiger charge is 2.16. The van der Waals surface area contributed by atoms with E-state index in [1.807, 2.05) is 6.07 Å². The summed E-state index contributed by atoms with van der Waals surface area (Å²) in [5, 5.41) is 11.9. The molecule has 2 aromatic rings. The molecule has 0 radical (unpaired) electrons. The molecule has 3 rings (SSSR count). The minimum Gasteiger partial charge on any atom is -0.497 e. The molecule has 6 heteroatoms. The number of ether oxygens (including phenoxy) is 1. The minimum absolute atomic E-state index is 0.895. The van der Waals surface area contributed by atoms with Gasteiger partial charge >= 0.3 is 0 Å². The van der Waals surface area contributed by atoms with E-state index in [0.29, 0.717) is 0 Å². The van der Waals surface area contributed by atoms with E-state index in [4.69, 9.17) is 4.74 Å². The fourth-order valence-electron chi connectivity index (χ4n) is 2.25. The Morgan fingerprint density at radius 3 is 2.89 bits per heavy atom. The maximum absolute atomic E-state index is 5.26. The number of nitrogens with zero attached hydrogens (tertiary/aromatic N) is 4. The van der Waals surface area contributed by atoms with Crippen molar-refractivity contribution in [2.75, 3.05) is 12.6 Å². The molecule has 0 atom stereocenters. The first-order valence-electron chi connectivity index (χ1n) is 6.21. The molecule has 0 spiro atoms. The number of benzene rings is 1. The summed E-state index contributed by atoms with van der Waals surface area (Å²) in [6.07, 6.45) is 6.28. The van der Waals surface area contributed by atoms with Crippen LogP contribution in [0.4, 0.5) is 0 Å². The first-order valence-corrected chi connectivity index (χ1v) is 6.21. The molecule has 1 aliphatic carbocycles. The van der Waals surface area contributed by atoms with Gasteiger partial charge in [-0.1, -0.05) is 0 Å². The van der Waals surface area contributed by atoms with Crippen molar-refractivity contribution in [3.8, 4) is 5.75 Å². The van der Waals surface area contributed by atoms with Crippen LogP contribution in [-0.2, 0) is 6.42 Å². The second-order valence-corrected chi connectivity index (χ2v) is 4.40. The Hall–Kier alpha value is -2.37. The molecular formula is C13H15N5O. The molecule has 1 N–H and O–H groups in total. The fourth-order valence-corrected chi connectivity index (χ4v) is 2.25. The van der Waals surface area contributed by atoms with Gasteiger partial charge in [-0.3, -0.25) is 0 Å². The topological polar surface area (TPSA) is 64.3 Å². The van der Waals surface area contributed by atoms with Crippen LogP contribution in [0, 0.1) is 0 Å². The third kappa shape index (κ3) is 2.42. The van der Waals surface area contributed by atoms with Gasteiger partial charge in [-0.15, -0.1) is 10.2 Å². The van der Waals surface area contributed by atoms with Crippen LogP contribution >= 0.6 is 0 Å². The zero-order valence-corrected chi connectivity index (χ0v) is 10.7. The number of methoxy groups -OCH3 is 1. The summed E-state index contributed by atoms with van der Waals surface area (Å²) >= 11 is 0. The number of rotatable bonds is 3. The Kier molecular flexibility index (Phi) is 3.14. The number of hydrogen-bond acceptors (Lipinski definition) is 5. The normalized spacial score (nSPS) is 16.2. The van der Waals surface area contributed by atoms with E-state index in [9.17, 15) is 0 Å². The number of aromatic nitrogens is 3. The summed E-state index contributed by atoms with van der Waals surface area (Å²) in [5.74, 6) is 0.895. The number of hydrogen-bond donors (Lipinski definition) is 1. The van der Waals surface area contributed by atoms with Crippen molar-refractivity contribution >= 4 is 5.71 Å². The maximum Gasteiger partial charge on any atom is 0.140 e. The largest absolute Gasteiger partial charge is 0.497 e. The second-order valence-electron chi connectivity index (χ2n) is 4.40. The predicted octanol–water partition coefficient (Wildman–Crippen LogP) is 1.57. The van der Waals surface area contributed by atoms with Gasteiger partial charge in [0.05, 0.1) is 12.8 Å². The standard InChI is InChI=1S/C13H15N5O/c1-19-11-5-6-12-10(7-11)3-2-4-13(12)16-17-18-8-14-15-9-18/h5-9,17H,2-4H2,1H3. The van der Waals surface area contributed by atoms with Crippen LogP contribution in [-0.4, -0.2) is 27.7 Å². The molecule has 0 aliphatic heterocycles. The molecular weight excluding hydrogens is 242 g/mol. The van der Waals surface area contributed by atoms with Gasteiger partial charge in [0.15, 0.2) is 0 Å². The molecule has 19 heavy (non-hydrogen) atoms. The van der Waals surface area contributed by atoms with E-state index in [1.54, 1.807) is 24.4 Å². The SMILES string of the molecule is COc1ccc2c(c1)CCCC2=NNn1cnnc1. The average Bonchev–Trinajstić information content (AvgIpc) is 2.97. The lowest BCUT2D eigenvalue weighted by Gasteiger charge is -2.18. The molecule has 0 saturated heterocycles. The molecule has 6 nitrogen and oxygen atoms in total. The van der Waals surface area contributed by atoms with Gasteiger partial charge < -0.3 is 4.74 Å². The van der Waals surface area contributed by atoms with E-state index in [0.717, 1.165) is 30.7 Å². The highest BCUT2D eigenvalue weighted by atomic mass is 16.5. The maximum atomic E-state index is 5.26. The van der Waals surface area contributed by atoms with Crippen LogP contribution < -0.4 is 10.3 Å². The molecule has 1 aliphatic rings. The smallest absolute Gasteiger partial charge is 0.140 e. The Morgan fingerprint density at radius 1 is 1.26 bits per heavy atom. The van der Waals surface area contributed by atoms with Gasteiger partial charge in [-0.25, -0.2) is 10.2 Å². The molecule has 0 saturated carbocycles. The third-order valence-corrected chi connectivity index (χ3v) is 3.20. The first kappa shape index (κ1) is 11.7. The van der Waals surface area contributed by atoms with Crippen molar-refractivity contribution in [2.24, 2.45) is 5.10 Å². The van der Waals surface area contributed by atoms with Crippen LogP contribution in [0.3, 0.4) is 0 Å². The summed E-state index contributed by atoms with van der Waals surface area (Å²) in [6, 6.07) is 6.13. The van der Waals surface area contributed by atoms with Crippen molar-refractivity contribution in [1.82, 2.24) is 14.9 Å². The molecule has 1 heterocycles. The minimum atomic E-state index is 0.895. The quantitative estimate of drug-likeness (QED) is 0.848. The lowest BCUT2D eigenvalue weighted by atomic mass is 9.90. The van der Waals surface area contributed by atoms with E-state index < -0.39 is 0 Å².